The van der Waals surface area contributed by atoms with Gasteiger partial charge in [0.25, 0.3) is 0 Å². The Morgan fingerprint density at radius 2 is 2.14 bits per heavy atom. The zero-order valence-corrected chi connectivity index (χ0v) is 9.25. The Balaban J connectivity index is 2.03. The summed E-state index contributed by atoms with van der Waals surface area (Å²) in [7, 11) is 0. The van der Waals surface area contributed by atoms with Crippen molar-refractivity contribution in [3.8, 4) is 0 Å². The Labute approximate surface area is 86.4 Å². The highest BCUT2D eigenvalue weighted by molar-refractivity contribution is 5.76. The number of amides is 1. The molecule has 0 aromatic rings. The van der Waals surface area contributed by atoms with E-state index in [1.54, 1.807) is 0 Å². The number of rotatable bonds is 6. The van der Waals surface area contributed by atoms with Crippen LogP contribution in [0, 0.1) is 5.92 Å². The van der Waals surface area contributed by atoms with Crippen LogP contribution in [0.2, 0.25) is 0 Å². The molecule has 0 spiro atoms. The molecule has 0 heterocycles. The molecule has 14 heavy (non-hydrogen) atoms. The van der Waals surface area contributed by atoms with Crippen molar-refractivity contribution in [1.29, 1.82) is 0 Å². The predicted molar refractivity (Wildman–Crippen MR) is 57.8 cm³/mol. The van der Waals surface area contributed by atoms with Gasteiger partial charge in [0.2, 0.25) is 5.91 Å². The normalized spacial score (nSPS) is 20.2. The highest BCUT2D eigenvalue weighted by atomic mass is 16.1. The number of hydrogen-bond donors (Lipinski definition) is 2. The molecule has 0 radical (unpaired) electrons. The number of hydrogen-bond acceptors (Lipinski definition) is 2. The second-order valence-corrected chi connectivity index (χ2v) is 4.56. The van der Waals surface area contributed by atoms with Gasteiger partial charge in [-0.1, -0.05) is 0 Å². The Bertz CT molecular complexity index is 188. The molecule has 0 bridgehead atoms. The van der Waals surface area contributed by atoms with Gasteiger partial charge in [-0.2, -0.15) is 0 Å². The number of nitrogens with two attached hydrogens (primary N) is 1. The Hall–Kier alpha value is -0.570. The lowest BCUT2D eigenvalue weighted by molar-refractivity contribution is -0.121. The molecule has 1 aliphatic carbocycles. The third-order valence-corrected chi connectivity index (χ3v) is 2.78. The molecule has 2 atom stereocenters. The van der Waals surface area contributed by atoms with Gasteiger partial charge >= 0.3 is 0 Å². The average molecular weight is 198 g/mol. The molecule has 1 amide bonds. The highest BCUT2D eigenvalue weighted by Crippen LogP contribution is 2.32. The number of nitrogens with one attached hydrogen (secondary N) is 1. The van der Waals surface area contributed by atoms with E-state index in [1.807, 2.05) is 6.92 Å². The Morgan fingerprint density at radius 1 is 1.50 bits per heavy atom. The second-order valence-electron chi connectivity index (χ2n) is 4.56. The van der Waals surface area contributed by atoms with Gasteiger partial charge in [-0.05, 0) is 45.4 Å². The number of carbonyl (C=O) groups is 1. The molecular weight excluding hydrogens is 176 g/mol. The highest BCUT2D eigenvalue weighted by Gasteiger charge is 2.28. The summed E-state index contributed by atoms with van der Waals surface area (Å²) >= 11 is 0. The van der Waals surface area contributed by atoms with Gasteiger partial charge in [-0.15, -0.1) is 0 Å². The van der Waals surface area contributed by atoms with E-state index in [2.05, 4.69) is 12.2 Å². The van der Waals surface area contributed by atoms with Crippen molar-refractivity contribution in [2.45, 2.75) is 58.0 Å². The van der Waals surface area contributed by atoms with Gasteiger partial charge in [-0.25, -0.2) is 0 Å². The van der Waals surface area contributed by atoms with Crippen LogP contribution in [0.5, 0.6) is 0 Å². The first-order valence-corrected chi connectivity index (χ1v) is 5.64. The van der Waals surface area contributed by atoms with Crippen molar-refractivity contribution in [3.63, 3.8) is 0 Å². The standard InChI is InChI=1S/C11H22N2O/c1-8(12)4-3-5-11(14)13-9(2)10-6-7-10/h8-10H,3-7,12H2,1-2H3,(H,13,14). The molecule has 0 saturated heterocycles. The molecule has 2 unspecified atom stereocenters. The molecule has 1 saturated carbocycles. The van der Waals surface area contributed by atoms with Crippen LogP contribution in [-0.4, -0.2) is 18.0 Å². The summed E-state index contributed by atoms with van der Waals surface area (Å²) in [5.74, 6) is 0.928. The molecule has 3 heteroatoms. The third-order valence-electron chi connectivity index (χ3n) is 2.78. The third kappa shape index (κ3) is 4.61. The molecule has 3 N–H and O–H groups in total. The van der Waals surface area contributed by atoms with E-state index >= 15 is 0 Å². The van der Waals surface area contributed by atoms with Crippen molar-refractivity contribution in [2.24, 2.45) is 11.7 Å². The fourth-order valence-corrected chi connectivity index (χ4v) is 1.62. The maximum atomic E-state index is 11.4. The van der Waals surface area contributed by atoms with Crippen LogP contribution in [-0.2, 0) is 4.79 Å². The summed E-state index contributed by atoms with van der Waals surface area (Å²) < 4.78 is 0. The van der Waals surface area contributed by atoms with E-state index in [1.165, 1.54) is 12.8 Å². The minimum absolute atomic E-state index is 0.185. The SMILES string of the molecule is CC(N)CCCC(=O)NC(C)C1CC1. The summed E-state index contributed by atoms with van der Waals surface area (Å²) in [5, 5.41) is 3.04. The quantitative estimate of drug-likeness (QED) is 0.678. The zero-order chi connectivity index (χ0) is 10.6. The minimum atomic E-state index is 0.185. The summed E-state index contributed by atoms with van der Waals surface area (Å²) in [4.78, 5) is 11.4. The molecule has 3 nitrogen and oxygen atoms in total. The molecule has 1 fully saturated rings. The first-order chi connectivity index (χ1) is 6.59. The zero-order valence-electron chi connectivity index (χ0n) is 9.25. The van der Waals surface area contributed by atoms with E-state index < -0.39 is 0 Å². The van der Waals surface area contributed by atoms with E-state index in [9.17, 15) is 4.79 Å². The van der Waals surface area contributed by atoms with E-state index in [4.69, 9.17) is 5.73 Å². The van der Waals surface area contributed by atoms with Crippen LogP contribution in [0.1, 0.15) is 46.0 Å². The van der Waals surface area contributed by atoms with Crippen molar-refractivity contribution in [1.82, 2.24) is 5.32 Å². The van der Waals surface area contributed by atoms with Gasteiger partial charge in [0, 0.05) is 18.5 Å². The van der Waals surface area contributed by atoms with Crippen LogP contribution >= 0.6 is 0 Å². The maximum absolute atomic E-state index is 11.4. The van der Waals surface area contributed by atoms with Gasteiger partial charge in [0.1, 0.15) is 0 Å². The largest absolute Gasteiger partial charge is 0.353 e. The molecular formula is C11H22N2O. The van der Waals surface area contributed by atoms with E-state index in [0.29, 0.717) is 12.5 Å². The first-order valence-electron chi connectivity index (χ1n) is 5.64. The fraction of sp³-hybridized carbons (Fsp3) is 0.909. The summed E-state index contributed by atoms with van der Waals surface area (Å²) in [6.45, 7) is 4.08. The molecule has 82 valence electrons. The van der Waals surface area contributed by atoms with Gasteiger partial charge in [-0.3, -0.25) is 4.79 Å². The Morgan fingerprint density at radius 3 is 2.64 bits per heavy atom. The fourth-order valence-electron chi connectivity index (χ4n) is 1.62. The van der Waals surface area contributed by atoms with Crippen molar-refractivity contribution in [3.05, 3.63) is 0 Å². The lowest BCUT2D eigenvalue weighted by atomic mass is 10.1. The lowest BCUT2D eigenvalue weighted by Crippen LogP contribution is -2.33. The van der Waals surface area contributed by atoms with Gasteiger partial charge in [0.15, 0.2) is 0 Å². The average Bonchev–Trinajstić information content (AvgIpc) is 2.84. The summed E-state index contributed by atoms with van der Waals surface area (Å²) in [5.41, 5.74) is 5.61. The van der Waals surface area contributed by atoms with Crippen LogP contribution in [0.3, 0.4) is 0 Å². The lowest BCUT2D eigenvalue weighted by Gasteiger charge is -2.12. The van der Waals surface area contributed by atoms with Crippen LogP contribution in [0.15, 0.2) is 0 Å². The molecule has 1 aliphatic rings. The van der Waals surface area contributed by atoms with Gasteiger partial charge < -0.3 is 11.1 Å². The van der Waals surface area contributed by atoms with E-state index in [0.717, 1.165) is 18.8 Å². The molecule has 0 aromatic carbocycles. The second kappa shape index (κ2) is 5.35. The van der Waals surface area contributed by atoms with Crippen LogP contribution in [0.4, 0.5) is 0 Å². The first kappa shape index (κ1) is 11.5. The number of carbonyl (C=O) groups excluding carboxylic acids is 1. The molecule has 1 rings (SSSR count). The monoisotopic (exact) mass is 198 g/mol. The molecule has 0 aromatic heterocycles. The minimum Gasteiger partial charge on any atom is -0.353 e. The van der Waals surface area contributed by atoms with Crippen molar-refractivity contribution < 1.29 is 4.79 Å². The van der Waals surface area contributed by atoms with Crippen molar-refractivity contribution >= 4 is 5.91 Å². The summed E-state index contributed by atoms with van der Waals surface area (Å²) in [6, 6.07) is 0.585. The van der Waals surface area contributed by atoms with Gasteiger partial charge in [0.05, 0.1) is 0 Å². The smallest absolute Gasteiger partial charge is 0.220 e. The van der Waals surface area contributed by atoms with Crippen molar-refractivity contribution in [2.75, 3.05) is 0 Å². The predicted octanol–water partition coefficient (Wildman–Crippen LogP) is 1.42. The van der Waals surface area contributed by atoms with E-state index in [-0.39, 0.29) is 11.9 Å². The summed E-state index contributed by atoms with van der Waals surface area (Å²) in [6.07, 6.45) is 5.02. The van der Waals surface area contributed by atoms with Crippen LogP contribution < -0.4 is 11.1 Å². The Kier molecular flexibility index (Phi) is 4.39. The maximum Gasteiger partial charge on any atom is 0.220 e. The van der Waals surface area contributed by atoms with Crippen LogP contribution in [0.25, 0.3) is 0 Å². The topological polar surface area (TPSA) is 55.1 Å². The molecule has 0 aliphatic heterocycles.